The normalized spacial score (nSPS) is 14.6. The van der Waals surface area contributed by atoms with E-state index in [1.165, 1.54) is 0 Å². The van der Waals surface area contributed by atoms with Gasteiger partial charge in [0.05, 0.1) is 5.25 Å². The number of hydrogen-bond acceptors (Lipinski definition) is 4. The van der Waals surface area contributed by atoms with Gasteiger partial charge in [-0.25, -0.2) is 9.97 Å². The Labute approximate surface area is 125 Å². The molecule has 1 N–H and O–H groups in total. The van der Waals surface area contributed by atoms with Crippen molar-refractivity contribution >= 4 is 17.7 Å². The Morgan fingerprint density at radius 2 is 2.10 bits per heavy atom. The molecule has 0 spiro atoms. The van der Waals surface area contributed by atoms with Crippen LogP contribution in [0.5, 0.6) is 0 Å². The Bertz CT molecular complexity index is 482. The van der Waals surface area contributed by atoms with Gasteiger partial charge in [-0.2, -0.15) is 13.2 Å². The first kappa shape index (κ1) is 17.7. The van der Waals surface area contributed by atoms with Gasteiger partial charge < -0.3 is 5.32 Å². The van der Waals surface area contributed by atoms with Crippen molar-refractivity contribution in [3.8, 4) is 0 Å². The molecule has 0 aliphatic heterocycles. The zero-order valence-electron chi connectivity index (χ0n) is 12.1. The summed E-state index contributed by atoms with van der Waals surface area (Å²) in [5.74, 6) is -0.234. The second kappa shape index (κ2) is 7.63. The van der Waals surface area contributed by atoms with E-state index in [1.807, 2.05) is 13.8 Å². The number of hydrogen-bond donors (Lipinski definition) is 1. The van der Waals surface area contributed by atoms with E-state index in [0.717, 1.165) is 36.9 Å². The average Bonchev–Trinajstić information content (AvgIpc) is 2.38. The van der Waals surface area contributed by atoms with E-state index in [0.29, 0.717) is 0 Å². The predicted octanol–water partition coefficient (Wildman–Crippen LogP) is 3.28. The molecule has 0 aliphatic rings. The minimum absolute atomic E-state index is 0.0352. The second-order valence-electron chi connectivity index (χ2n) is 4.68. The van der Waals surface area contributed by atoms with Crippen molar-refractivity contribution in [2.75, 3.05) is 0 Å². The zero-order valence-corrected chi connectivity index (χ0v) is 12.9. The average molecular weight is 321 g/mol. The van der Waals surface area contributed by atoms with Crippen LogP contribution in [-0.4, -0.2) is 27.2 Å². The minimum atomic E-state index is -4.51. The Morgan fingerprint density at radius 3 is 2.67 bits per heavy atom. The van der Waals surface area contributed by atoms with Gasteiger partial charge in [-0.15, -0.1) is 0 Å². The summed E-state index contributed by atoms with van der Waals surface area (Å²) in [4.78, 5) is 19.1. The van der Waals surface area contributed by atoms with Gasteiger partial charge >= 0.3 is 6.18 Å². The molecule has 0 radical (unpaired) electrons. The number of nitrogens with one attached hydrogen (secondary N) is 1. The number of halogens is 3. The van der Waals surface area contributed by atoms with Crippen molar-refractivity contribution in [1.29, 1.82) is 0 Å². The number of rotatable bonds is 6. The lowest BCUT2D eigenvalue weighted by Crippen LogP contribution is -2.37. The van der Waals surface area contributed by atoms with Crippen molar-refractivity contribution < 1.29 is 18.0 Å². The Hall–Kier alpha value is -1.31. The van der Waals surface area contributed by atoms with E-state index in [-0.39, 0.29) is 17.1 Å². The van der Waals surface area contributed by atoms with E-state index in [1.54, 1.807) is 6.92 Å². The van der Waals surface area contributed by atoms with E-state index in [9.17, 15) is 18.0 Å². The van der Waals surface area contributed by atoms with Crippen molar-refractivity contribution in [1.82, 2.24) is 15.3 Å². The van der Waals surface area contributed by atoms with Crippen LogP contribution in [0.2, 0.25) is 0 Å². The summed E-state index contributed by atoms with van der Waals surface area (Å²) < 4.78 is 37.6. The molecular weight excluding hydrogens is 303 g/mol. The summed E-state index contributed by atoms with van der Waals surface area (Å²) in [6, 6.07) is 0.839. The SMILES string of the molecule is CCCC(C)NC(=O)C(C)Sc1nccc(C(F)(F)F)n1. The van der Waals surface area contributed by atoms with E-state index in [2.05, 4.69) is 15.3 Å². The lowest BCUT2D eigenvalue weighted by atomic mass is 10.2. The van der Waals surface area contributed by atoms with Crippen LogP contribution in [0, 0.1) is 0 Å². The molecule has 118 valence electrons. The summed E-state index contributed by atoms with van der Waals surface area (Å²) in [5, 5.41) is 2.19. The lowest BCUT2D eigenvalue weighted by molar-refractivity contribution is -0.141. The number of carbonyl (C=O) groups excluding carboxylic acids is 1. The molecule has 2 unspecified atom stereocenters. The molecule has 1 heterocycles. The van der Waals surface area contributed by atoms with Gasteiger partial charge in [0.2, 0.25) is 5.91 Å². The molecule has 0 saturated carbocycles. The van der Waals surface area contributed by atoms with Gasteiger partial charge in [-0.05, 0) is 26.3 Å². The molecule has 0 fully saturated rings. The second-order valence-corrected chi connectivity index (χ2v) is 5.99. The fourth-order valence-electron chi connectivity index (χ4n) is 1.63. The van der Waals surface area contributed by atoms with E-state index in [4.69, 9.17) is 0 Å². The van der Waals surface area contributed by atoms with Gasteiger partial charge in [0.25, 0.3) is 0 Å². The summed E-state index contributed by atoms with van der Waals surface area (Å²) in [5.41, 5.74) is -1.01. The van der Waals surface area contributed by atoms with Gasteiger partial charge in [0.1, 0.15) is 5.69 Å². The molecule has 1 aromatic heterocycles. The van der Waals surface area contributed by atoms with E-state index < -0.39 is 17.1 Å². The summed E-state index contributed by atoms with van der Waals surface area (Å²) in [7, 11) is 0. The van der Waals surface area contributed by atoms with Crippen molar-refractivity contribution in [2.24, 2.45) is 0 Å². The smallest absolute Gasteiger partial charge is 0.353 e. The van der Waals surface area contributed by atoms with Crippen LogP contribution in [0.3, 0.4) is 0 Å². The van der Waals surface area contributed by atoms with Gasteiger partial charge in [0, 0.05) is 12.2 Å². The molecule has 4 nitrogen and oxygen atoms in total. The highest BCUT2D eigenvalue weighted by Gasteiger charge is 2.33. The summed E-state index contributed by atoms with van der Waals surface area (Å²) in [6.45, 7) is 5.51. The third kappa shape index (κ3) is 5.91. The fraction of sp³-hybridized carbons (Fsp3) is 0.615. The first-order valence-electron chi connectivity index (χ1n) is 6.61. The van der Waals surface area contributed by atoms with Crippen LogP contribution in [0.4, 0.5) is 13.2 Å². The lowest BCUT2D eigenvalue weighted by Gasteiger charge is -2.16. The Kier molecular flexibility index (Phi) is 6.44. The van der Waals surface area contributed by atoms with Gasteiger partial charge in [-0.1, -0.05) is 25.1 Å². The molecule has 2 atom stereocenters. The van der Waals surface area contributed by atoms with Crippen LogP contribution in [0.1, 0.15) is 39.3 Å². The van der Waals surface area contributed by atoms with Gasteiger partial charge in [-0.3, -0.25) is 4.79 Å². The Morgan fingerprint density at radius 1 is 1.43 bits per heavy atom. The number of thioether (sulfide) groups is 1. The third-order valence-corrected chi connectivity index (χ3v) is 3.66. The molecule has 8 heteroatoms. The van der Waals surface area contributed by atoms with Crippen LogP contribution < -0.4 is 5.32 Å². The maximum Gasteiger partial charge on any atom is 0.433 e. The predicted molar refractivity (Wildman–Crippen MR) is 74.9 cm³/mol. The number of carbonyl (C=O) groups is 1. The maximum atomic E-state index is 12.5. The molecule has 21 heavy (non-hydrogen) atoms. The van der Waals surface area contributed by atoms with Gasteiger partial charge in [0.15, 0.2) is 5.16 Å². The van der Waals surface area contributed by atoms with Crippen molar-refractivity contribution in [3.63, 3.8) is 0 Å². The van der Waals surface area contributed by atoms with Crippen LogP contribution in [-0.2, 0) is 11.0 Å². The molecule has 1 rings (SSSR count). The minimum Gasteiger partial charge on any atom is -0.353 e. The number of alkyl halides is 3. The van der Waals surface area contributed by atoms with Crippen LogP contribution in [0.15, 0.2) is 17.4 Å². The number of amides is 1. The molecule has 1 amide bonds. The highest BCUT2D eigenvalue weighted by molar-refractivity contribution is 8.00. The molecule has 0 aliphatic carbocycles. The van der Waals surface area contributed by atoms with Crippen LogP contribution in [0.25, 0.3) is 0 Å². The molecule has 0 saturated heterocycles. The monoisotopic (exact) mass is 321 g/mol. The van der Waals surface area contributed by atoms with Crippen LogP contribution >= 0.6 is 11.8 Å². The molecular formula is C13H18F3N3OS. The highest BCUT2D eigenvalue weighted by Crippen LogP contribution is 2.29. The van der Waals surface area contributed by atoms with E-state index >= 15 is 0 Å². The molecule has 0 aromatic carbocycles. The Balaban J connectivity index is 2.66. The zero-order chi connectivity index (χ0) is 16.0. The first-order valence-corrected chi connectivity index (χ1v) is 7.49. The maximum absolute atomic E-state index is 12.5. The first-order chi connectivity index (χ1) is 9.74. The summed E-state index contributed by atoms with van der Waals surface area (Å²) in [6.07, 6.45) is -1.68. The standard InChI is InChI=1S/C13H18F3N3OS/c1-4-5-8(2)18-11(20)9(3)21-12-17-7-6-10(19-12)13(14,15)16/h6-9H,4-5H2,1-3H3,(H,18,20). The fourth-order valence-corrected chi connectivity index (χ4v) is 2.40. The topological polar surface area (TPSA) is 54.9 Å². The largest absolute Gasteiger partial charge is 0.433 e. The van der Waals surface area contributed by atoms with Crippen molar-refractivity contribution in [3.05, 3.63) is 18.0 Å². The third-order valence-electron chi connectivity index (χ3n) is 2.69. The summed E-state index contributed by atoms with van der Waals surface area (Å²) >= 11 is 0.908. The highest BCUT2D eigenvalue weighted by atomic mass is 32.2. The molecule has 0 bridgehead atoms. The van der Waals surface area contributed by atoms with Crippen molar-refractivity contribution in [2.45, 2.75) is 56.2 Å². The quantitative estimate of drug-likeness (QED) is 0.645. The molecule has 1 aromatic rings. The number of nitrogens with zero attached hydrogens (tertiary/aromatic N) is 2. The number of aromatic nitrogens is 2.